The van der Waals surface area contributed by atoms with Crippen molar-refractivity contribution in [3.63, 3.8) is 0 Å². The van der Waals surface area contributed by atoms with Crippen LogP contribution in [0.4, 0.5) is 0 Å². The summed E-state index contributed by atoms with van der Waals surface area (Å²) >= 11 is 0. The Labute approximate surface area is 75.8 Å². The molecule has 0 aliphatic carbocycles. The van der Waals surface area contributed by atoms with E-state index in [2.05, 4.69) is 27.9 Å². The predicted molar refractivity (Wildman–Crippen MR) is 42.4 cm³/mol. The van der Waals surface area contributed by atoms with Crippen molar-refractivity contribution in [2.45, 2.75) is 26.7 Å². The molecule has 0 heterocycles. The number of nitrogens with zero attached hydrogens (tertiary/aromatic N) is 1. The summed E-state index contributed by atoms with van der Waals surface area (Å²) in [5.41, 5.74) is 0. The molecule has 2 heteroatoms. The molecule has 0 atom stereocenters. The third kappa shape index (κ3) is 6.56. The molecule has 0 aliphatic heterocycles. The van der Waals surface area contributed by atoms with Crippen LogP contribution in [0.5, 0.6) is 0 Å². The standard InChI is InChI=1S/C8H20N.BrH/c1-5-7-9(3,4)8-6-2;/h5-8H2,1-4H3;1H/q+1;/p-1. The number of rotatable bonds is 4. The Morgan fingerprint density at radius 1 is 0.900 bits per heavy atom. The van der Waals surface area contributed by atoms with Crippen LogP contribution in [-0.2, 0) is 0 Å². The van der Waals surface area contributed by atoms with Gasteiger partial charge in [-0.25, -0.2) is 0 Å². The van der Waals surface area contributed by atoms with Crippen molar-refractivity contribution < 1.29 is 21.5 Å². The molecule has 10 heavy (non-hydrogen) atoms. The lowest BCUT2D eigenvalue weighted by Gasteiger charge is -2.28. The van der Waals surface area contributed by atoms with Crippen molar-refractivity contribution in [1.82, 2.24) is 0 Å². The SMILES string of the molecule is CCC[N+](C)(C)CCC.[Br-]. The minimum Gasteiger partial charge on any atom is -1.00 e. The zero-order valence-corrected chi connectivity index (χ0v) is 9.24. The summed E-state index contributed by atoms with van der Waals surface area (Å²) in [6, 6.07) is 0. The van der Waals surface area contributed by atoms with Crippen molar-refractivity contribution >= 4 is 0 Å². The average molecular weight is 210 g/mol. The maximum Gasteiger partial charge on any atom is 0.0779 e. The normalized spacial score (nSPS) is 10.8. The third-order valence-corrected chi connectivity index (χ3v) is 1.66. The van der Waals surface area contributed by atoms with Gasteiger partial charge >= 0.3 is 0 Å². The zero-order valence-electron chi connectivity index (χ0n) is 7.65. The van der Waals surface area contributed by atoms with E-state index in [0.717, 1.165) is 0 Å². The van der Waals surface area contributed by atoms with Gasteiger partial charge in [-0.1, -0.05) is 13.8 Å². The molecule has 0 aromatic heterocycles. The van der Waals surface area contributed by atoms with Gasteiger partial charge < -0.3 is 21.5 Å². The molecule has 0 unspecified atom stereocenters. The summed E-state index contributed by atoms with van der Waals surface area (Å²) < 4.78 is 1.19. The van der Waals surface area contributed by atoms with E-state index in [1.54, 1.807) is 0 Å². The highest BCUT2D eigenvalue weighted by atomic mass is 79.9. The van der Waals surface area contributed by atoms with Gasteiger partial charge in [0.2, 0.25) is 0 Å². The van der Waals surface area contributed by atoms with Gasteiger partial charge in [-0.15, -0.1) is 0 Å². The van der Waals surface area contributed by atoms with Crippen LogP contribution in [0.1, 0.15) is 26.7 Å². The monoisotopic (exact) mass is 209 g/mol. The van der Waals surface area contributed by atoms with E-state index in [4.69, 9.17) is 0 Å². The van der Waals surface area contributed by atoms with Crippen LogP contribution in [0.2, 0.25) is 0 Å². The molecule has 0 bridgehead atoms. The number of quaternary nitrogens is 1. The van der Waals surface area contributed by atoms with Crippen molar-refractivity contribution in [2.24, 2.45) is 0 Å². The highest BCUT2D eigenvalue weighted by molar-refractivity contribution is 4.30. The summed E-state index contributed by atoms with van der Waals surface area (Å²) in [6.07, 6.45) is 2.60. The van der Waals surface area contributed by atoms with Crippen LogP contribution in [0.15, 0.2) is 0 Å². The maximum atomic E-state index is 2.30. The average Bonchev–Trinajstić information content (AvgIpc) is 1.64. The van der Waals surface area contributed by atoms with Gasteiger partial charge in [0.1, 0.15) is 0 Å². The van der Waals surface area contributed by atoms with Gasteiger partial charge in [-0.3, -0.25) is 0 Å². The van der Waals surface area contributed by atoms with Gasteiger partial charge in [0.25, 0.3) is 0 Å². The first-order valence-corrected chi connectivity index (χ1v) is 3.94. The van der Waals surface area contributed by atoms with Crippen LogP contribution < -0.4 is 17.0 Å². The molecule has 0 saturated carbocycles. The van der Waals surface area contributed by atoms with Crippen LogP contribution in [0.25, 0.3) is 0 Å². The van der Waals surface area contributed by atoms with Crippen molar-refractivity contribution in [2.75, 3.05) is 27.2 Å². The first-order chi connectivity index (χ1) is 4.12. The minimum atomic E-state index is 0. The van der Waals surface area contributed by atoms with E-state index >= 15 is 0 Å². The van der Waals surface area contributed by atoms with E-state index < -0.39 is 0 Å². The Bertz CT molecular complexity index is 63.7. The van der Waals surface area contributed by atoms with E-state index in [0.29, 0.717) is 0 Å². The van der Waals surface area contributed by atoms with Crippen molar-refractivity contribution in [1.29, 1.82) is 0 Å². The Hall–Kier alpha value is 0.440. The Kier molecular flexibility index (Phi) is 8.06. The highest BCUT2D eigenvalue weighted by Crippen LogP contribution is 1.99. The Morgan fingerprint density at radius 3 is 1.40 bits per heavy atom. The van der Waals surface area contributed by atoms with E-state index in [-0.39, 0.29) is 17.0 Å². The first-order valence-electron chi connectivity index (χ1n) is 3.94. The molecule has 1 nitrogen and oxygen atoms in total. The highest BCUT2D eigenvalue weighted by Gasteiger charge is 2.09. The molecule has 0 aromatic carbocycles. The molecular formula is C8H20BrN. The molecule has 0 aliphatic rings. The second-order valence-corrected chi connectivity index (χ2v) is 3.38. The summed E-state index contributed by atoms with van der Waals surface area (Å²) in [5, 5.41) is 0. The van der Waals surface area contributed by atoms with Crippen LogP contribution >= 0.6 is 0 Å². The largest absolute Gasteiger partial charge is 1.00 e. The Balaban J connectivity index is 0. The van der Waals surface area contributed by atoms with E-state index in [1.807, 2.05) is 0 Å². The smallest absolute Gasteiger partial charge is 0.0779 e. The minimum absolute atomic E-state index is 0. The van der Waals surface area contributed by atoms with Crippen molar-refractivity contribution in [3.8, 4) is 0 Å². The molecule has 0 amide bonds. The maximum absolute atomic E-state index is 2.30. The van der Waals surface area contributed by atoms with Crippen LogP contribution in [0.3, 0.4) is 0 Å². The first kappa shape index (κ1) is 13.1. The molecule has 0 rings (SSSR count). The van der Waals surface area contributed by atoms with Crippen molar-refractivity contribution in [3.05, 3.63) is 0 Å². The molecule has 0 aromatic rings. The molecule has 0 N–H and O–H groups in total. The Morgan fingerprint density at radius 2 is 1.20 bits per heavy atom. The molecule has 0 radical (unpaired) electrons. The number of hydrogen-bond acceptors (Lipinski definition) is 0. The van der Waals surface area contributed by atoms with Crippen LogP contribution in [0, 0.1) is 0 Å². The summed E-state index contributed by atoms with van der Waals surface area (Å²) in [7, 11) is 4.60. The van der Waals surface area contributed by atoms with E-state index in [9.17, 15) is 0 Å². The van der Waals surface area contributed by atoms with E-state index in [1.165, 1.54) is 30.4 Å². The lowest BCUT2D eigenvalue weighted by atomic mass is 10.3. The fourth-order valence-corrected chi connectivity index (χ4v) is 1.32. The van der Waals surface area contributed by atoms with Gasteiger partial charge in [0.05, 0.1) is 27.2 Å². The second kappa shape index (κ2) is 6.17. The molecular weight excluding hydrogens is 190 g/mol. The quantitative estimate of drug-likeness (QED) is 0.516. The fourth-order valence-electron chi connectivity index (χ4n) is 1.32. The predicted octanol–water partition coefficient (Wildman–Crippen LogP) is -1.11. The molecule has 0 fully saturated rings. The van der Waals surface area contributed by atoms with Gasteiger partial charge in [0, 0.05) is 0 Å². The lowest BCUT2D eigenvalue weighted by molar-refractivity contribution is -0.890. The lowest BCUT2D eigenvalue weighted by Crippen LogP contribution is -3.00. The third-order valence-electron chi connectivity index (χ3n) is 1.66. The number of hydrogen-bond donors (Lipinski definition) is 0. The van der Waals surface area contributed by atoms with Gasteiger partial charge in [0.15, 0.2) is 0 Å². The molecule has 0 saturated heterocycles. The summed E-state index contributed by atoms with van der Waals surface area (Å²) in [4.78, 5) is 0. The number of halogens is 1. The fraction of sp³-hybridized carbons (Fsp3) is 1.00. The zero-order chi connectivity index (χ0) is 7.33. The summed E-state index contributed by atoms with van der Waals surface area (Å²) in [6.45, 7) is 7.12. The van der Waals surface area contributed by atoms with Crippen LogP contribution in [-0.4, -0.2) is 31.7 Å². The molecule has 0 spiro atoms. The molecule has 64 valence electrons. The van der Waals surface area contributed by atoms with Gasteiger partial charge in [-0.2, -0.15) is 0 Å². The topological polar surface area (TPSA) is 0 Å². The summed E-state index contributed by atoms with van der Waals surface area (Å²) in [5.74, 6) is 0. The van der Waals surface area contributed by atoms with Gasteiger partial charge in [-0.05, 0) is 12.8 Å². The second-order valence-electron chi connectivity index (χ2n) is 3.38.